The first-order valence-corrected chi connectivity index (χ1v) is 8.53. The highest BCUT2D eigenvalue weighted by Gasteiger charge is 2.57. The van der Waals surface area contributed by atoms with E-state index >= 15 is 0 Å². The van der Waals surface area contributed by atoms with E-state index in [1.54, 1.807) is 13.4 Å². The van der Waals surface area contributed by atoms with Crippen LogP contribution < -0.4 is 10.2 Å². The molecule has 1 saturated carbocycles. The SMILES string of the molecule is CNC(=O)CC(=O)N1C[C@@H](N(C)c2ncnc3[nH]ccc23)C2(CC2)C1. The summed E-state index contributed by atoms with van der Waals surface area (Å²) in [6.45, 7) is 1.35. The highest BCUT2D eigenvalue weighted by Crippen LogP contribution is 2.55. The van der Waals surface area contributed by atoms with Crippen LogP contribution in [0.1, 0.15) is 19.3 Å². The maximum Gasteiger partial charge on any atom is 0.232 e. The van der Waals surface area contributed by atoms with Crippen molar-refractivity contribution in [1.29, 1.82) is 0 Å². The molecule has 1 saturated heterocycles. The van der Waals surface area contributed by atoms with E-state index in [2.05, 4.69) is 25.2 Å². The topological polar surface area (TPSA) is 94.2 Å². The van der Waals surface area contributed by atoms with Crippen LogP contribution in [-0.2, 0) is 9.59 Å². The van der Waals surface area contributed by atoms with Gasteiger partial charge in [-0.05, 0) is 18.9 Å². The number of carbonyl (C=O) groups is 2. The molecule has 2 N–H and O–H groups in total. The second kappa shape index (κ2) is 5.72. The number of aromatic amines is 1. The van der Waals surface area contributed by atoms with E-state index in [1.807, 2.05) is 24.2 Å². The molecule has 1 aliphatic carbocycles. The highest BCUT2D eigenvalue weighted by atomic mass is 16.2. The molecule has 2 aliphatic rings. The Morgan fingerprint density at radius 1 is 1.44 bits per heavy atom. The van der Waals surface area contributed by atoms with Gasteiger partial charge in [0.05, 0.1) is 11.4 Å². The van der Waals surface area contributed by atoms with Crippen molar-refractivity contribution < 1.29 is 9.59 Å². The molecule has 0 radical (unpaired) electrons. The van der Waals surface area contributed by atoms with E-state index in [1.165, 1.54) is 0 Å². The van der Waals surface area contributed by atoms with Crippen LogP contribution in [0.3, 0.4) is 0 Å². The van der Waals surface area contributed by atoms with Gasteiger partial charge in [0.1, 0.15) is 24.2 Å². The van der Waals surface area contributed by atoms with E-state index in [4.69, 9.17) is 0 Å². The van der Waals surface area contributed by atoms with Gasteiger partial charge in [-0.2, -0.15) is 0 Å². The van der Waals surface area contributed by atoms with Gasteiger partial charge in [-0.3, -0.25) is 9.59 Å². The number of fused-ring (bicyclic) bond motifs is 1. The normalized spacial score (nSPS) is 20.9. The number of carbonyl (C=O) groups excluding carboxylic acids is 2. The fourth-order valence-electron chi connectivity index (χ4n) is 3.95. The molecule has 2 aromatic heterocycles. The van der Waals surface area contributed by atoms with Crippen LogP contribution in [0.2, 0.25) is 0 Å². The Hall–Kier alpha value is -2.64. The van der Waals surface area contributed by atoms with Gasteiger partial charge in [-0.15, -0.1) is 0 Å². The quantitative estimate of drug-likeness (QED) is 0.790. The van der Waals surface area contributed by atoms with Gasteiger partial charge in [0.2, 0.25) is 11.8 Å². The van der Waals surface area contributed by atoms with Crippen molar-refractivity contribution in [3.05, 3.63) is 18.6 Å². The van der Waals surface area contributed by atoms with Crippen molar-refractivity contribution >= 4 is 28.7 Å². The van der Waals surface area contributed by atoms with E-state index in [-0.39, 0.29) is 29.7 Å². The third kappa shape index (κ3) is 2.61. The molecule has 25 heavy (non-hydrogen) atoms. The Morgan fingerprint density at radius 3 is 2.96 bits per heavy atom. The summed E-state index contributed by atoms with van der Waals surface area (Å²) < 4.78 is 0. The van der Waals surface area contributed by atoms with Crippen LogP contribution in [0.5, 0.6) is 0 Å². The number of rotatable bonds is 4. The van der Waals surface area contributed by atoms with Crippen molar-refractivity contribution in [2.75, 3.05) is 32.1 Å². The number of nitrogens with zero attached hydrogens (tertiary/aromatic N) is 4. The maximum atomic E-state index is 12.4. The molecule has 2 fully saturated rings. The molecule has 2 amide bonds. The Kier molecular flexibility index (Phi) is 3.63. The number of likely N-dealkylation sites (tertiary alicyclic amines) is 1. The van der Waals surface area contributed by atoms with Gasteiger partial charge in [0.25, 0.3) is 0 Å². The lowest BCUT2D eigenvalue weighted by atomic mass is 9.99. The second-order valence-corrected chi connectivity index (χ2v) is 7.05. The number of anilines is 1. The Labute approximate surface area is 145 Å². The van der Waals surface area contributed by atoms with Crippen molar-refractivity contribution in [3.63, 3.8) is 0 Å². The first-order valence-electron chi connectivity index (χ1n) is 8.53. The largest absolute Gasteiger partial charge is 0.359 e. The number of amides is 2. The Bertz CT molecular complexity index is 827. The van der Waals surface area contributed by atoms with Crippen molar-refractivity contribution in [2.24, 2.45) is 5.41 Å². The third-order valence-electron chi connectivity index (χ3n) is 5.58. The summed E-state index contributed by atoms with van der Waals surface area (Å²) in [4.78, 5) is 39.8. The molecule has 3 heterocycles. The van der Waals surface area contributed by atoms with Crippen LogP contribution in [0.4, 0.5) is 5.82 Å². The summed E-state index contributed by atoms with van der Waals surface area (Å²) in [6, 6.07) is 2.18. The fourth-order valence-corrected chi connectivity index (χ4v) is 3.95. The molecule has 1 spiro atoms. The lowest BCUT2D eigenvalue weighted by Gasteiger charge is -2.30. The molecule has 132 valence electrons. The van der Waals surface area contributed by atoms with Gasteiger partial charge in [-0.1, -0.05) is 0 Å². The number of nitrogens with one attached hydrogen (secondary N) is 2. The number of aromatic nitrogens is 3. The van der Waals surface area contributed by atoms with Crippen LogP contribution in [-0.4, -0.2) is 64.9 Å². The Morgan fingerprint density at radius 2 is 2.24 bits per heavy atom. The van der Waals surface area contributed by atoms with Gasteiger partial charge < -0.3 is 20.1 Å². The first-order chi connectivity index (χ1) is 12.0. The molecular weight excluding hydrogens is 320 g/mol. The predicted molar refractivity (Wildman–Crippen MR) is 93.0 cm³/mol. The Balaban J connectivity index is 1.57. The summed E-state index contributed by atoms with van der Waals surface area (Å²) in [5, 5.41) is 3.50. The van der Waals surface area contributed by atoms with E-state index < -0.39 is 0 Å². The third-order valence-corrected chi connectivity index (χ3v) is 5.58. The molecule has 8 nitrogen and oxygen atoms in total. The number of H-pyrrole nitrogens is 1. The summed E-state index contributed by atoms with van der Waals surface area (Å²) in [5.74, 6) is 0.538. The van der Waals surface area contributed by atoms with E-state index in [9.17, 15) is 9.59 Å². The average Bonchev–Trinajstić information content (AvgIpc) is 3.06. The molecular formula is C17H22N6O2. The lowest BCUT2D eigenvalue weighted by Crippen LogP contribution is -2.40. The molecule has 1 atom stereocenters. The minimum Gasteiger partial charge on any atom is -0.359 e. The van der Waals surface area contributed by atoms with Crippen LogP contribution in [0.25, 0.3) is 11.0 Å². The highest BCUT2D eigenvalue weighted by molar-refractivity contribution is 5.97. The minimum atomic E-state index is -0.239. The zero-order valence-electron chi connectivity index (χ0n) is 14.5. The molecule has 0 unspecified atom stereocenters. The zero-order valence-corrected chi connectivity index (χ0v) is 14.5. The lowest BCUT2D eigenvalue weighted by molar-refractivity contribution is -0.135. The smallest absolute Gasteiger partial charge is 0.232 e. The molecule has 0 bridgehead atoms. The molecule has 0 aromatic carbocycles. The summed E-state index contributed by atoms with van der Waals surface area (Å²) >= 11 is 0. The number of hydrogen-bond acceptors (Lipinski definition) is 5. The van der Waals surface area contributed by atoms with Gasteiger partial charge in [-0.25, -0.2) is 9.97 Å². The molecule has 2 aromatic rings. The van der Waals surface area contributed by atoms with Crippen molar-refractivity contribution in [3.8, 4) is 0 Å². The van der Waals surface area contributed by atoms with Gasteiger partial charge in [0.15, 0.2) is 0 Å². The standard InChI is InChI=1S/C17H22N6O2/c1-18-13(24)7-14(25)23-8-12(17(9-23)4-5-17)22(2)16-11-3-6-19-15(11)20-10-21-16/h3,6,10,12H,4-5,7-9H2,1-2H3,(H,18,24)(H,19,20,21)/t12-/m1/s1. The summed E-state index contributed by atoms with van der Waals surface area (Å²) in [5.41, 5.74) is 0.938. The second-order valence-electron chi connectivity index (χ2n) is 7.05. The van der Waals surface area contributed by atoms with Crippen LogP contribution in [0.15, 0.2) is 18.6 Å². The zero-order chi connectivity index (χ0) is 17.6. The molecule has 1 aliphatic heterocycles. The minimum absolute atomic E-state index is 0.0847. The van der Waals surface area contributed by atoms with E-state index in [0.717, 1.165) is 36.2 Å². The van der Waals surface area contributed by atoms with Gasteiger partial charge >= 0.3 is 0 Å². The number of hydrogen-bond donors (Lipinski definition) is 2. The number of likely N-dealkylation sites (N-methyl/N-ethyl adjacent to an activating group) is 1. The average molecular weight is 342 g/mol. The molecule has 8 heteroatoms. The first kappa shape index (κ1) is 15.9. The maximum absolute atomic E-state index is 12.4. The molecule has 4 rings (SSSR count). The van der Waals surface area contributed by atoms with Crippen LogP contribution >= 0.6 is 0 Å². The summed E-state index contributed by atoms with van der Waals surface area (Å²) in [7, 11) is 3.59. The van der Waals surface area contributed by atoms with Crippen molar-refractivity contribution in [2.45, 2.75) is 25.3 Å². The van der Waals surface area contributed by atoms with Crippen molar-refractivity contribution in [1.82, 2.24) is 25.2 Å². The summed E-state index contributed by atoms with van der Waals surface area (Å²) in [6.07, 6.45) is 5.55. The predicted octanol–water partition coefficient (Wildman–Crippen LogP) is 0.521. The fraction of sp³-hybridized carbons (Fsp3) is 0.529. The van der Waals surface area contributed by atoms with E-state index in [0.29, 0.717) is 6.54 Å². The van der Waals surface area contributed by atoms with Crippen LogP contribution in [0, 0.1) is 5.41 Å². The van der Waals surface area contributed by atoms with Gasteiger partial charge in [0, 0.05) is 38.8 Å². The monoisotopic (exact) mass is 342 g/mol.